The van der Waals surface area contributed by atoms with E-state index < -0.39 is 0 Å². The largest absolute Gasteiger partial charge is 0.336 e. The quantitative estimate of drug-likeness (QED) is 0.841. The minimum atomic E-state index is -0.217. The van der Waals surface area contributed by atoms with Crippen LogP contribution < -0.4 is 10.6 Å². The van der Waals surface area contributed by atoms with E-state index in [2.05, 4.69) is 15.0 Å². The number of rotatable bonds is 2. The Morgan fingerprint density at radius 3 is 2.88 bits per heavy atom. The van der Waals surface area contributed by atoms with E-state index in [1.165, 1.54) is 11.5 Å². The van der Waals surface area contributed by atoms with Gasteiger partial charge in [0.15, 0.2) is 5.82 Å². The van der Waals surface area contributed by atoms with Crippen molar-refractivity contribution in [3.63, 3.8) is 0 Å². The molecule has 4 nitrogen and oxygen atoms in total. The third kappa shape index (κ3) is 2.30. The number of aromatic nitrogens is 1. The summed E-state index contributed by atoms with van der Waals surface area (Å²) in [6, 6.07) is 7.72. The Morgan fingerprint density at radius 2 is 2.12 bits per heavy atom. The van der Waals surface area contributed by atoms with Gasteiger partial charge < -0.3 is 5.32 Å². The summed E-state index contributed by atoms with van der Waals surface area (Å²) < 4.78 is 5.28. The van der Waals surface area contributed by atoms with Crippen LogP contribution in [-0.2, 0) is 0 Å². The minimum absolute atomic E-state index is 0.116. The van der Waals surface area contributed by atoms with Crippen molar-refractivity contribution < 1.29 is 4.79 Å². The fraction of sp³-hybridized carbons (Fsp3) is 0.273. The van der Waals surface area contributed by atoms with Gasteiger partial charge in [0.05, 0.1) is 4.70 Å². The molecule has 5 heteroatoms. The van der Waals surface area contributed by atoms with Crippen LogP contribution in [0.1, 0.15) is 13.8 Å². The third-order valence-electron chi connectivity index (χ3n) is 2.03. The lowest BCUT2D eigenvalue weighted by Crippen LogP contribution is -2.34. The van der Waals surface area contributed by atoms with Crippen LogP contribution in [0.2, 0.25) is 0 Å². The van der Waals surface area contributed by atoms with Crippen LogP contribution in [0.15, 0.2) is 24.3 Å². The number of benzene rings is 1. The van der Waals surface area contributed by atoms with Crippen LogP contribution in [0.5, 0.6) is 0 Å². The fourth-order valence-corrected chi connectivity index (χ4v) is 2.12. The average Bonchev–Trinajstić information content (AvgIpc) is 2.61. The molecule has 84 valence electrons. The summed E-state index contributed by atoms with van der Waals surface area (Å²) >= 11 is 1.38. The van der Waals surface area contributed by atoms with Crippen LogP contribution in [0.25, 0.3) is 10.1 Å². The summed E-state index contributed by atoms with van der Waals surface area (Å²) in [4.78, 5) is 11.5. The standard InChI is InChI=1S/C11H13N3OS/c1-7(2)12-11(15)13-10-8-5-3-4-6-9(8)16-14-10/h3-7H,1-2H3,(H2,12,13,14,15). The van der Waals surface area contributed by atoms with Gasteiger partial charge in [-0.3, -0.25) is 5.32 Å². The molecule has 0 saturated heterocycles. The van der Waals surface area contributed by atoms with Crippen molar-refractivity contribution in [1.82, 2.24) is 9.69 Å². The van der Waals surface area contributed by atoms with Crippen molar-refractivity contribution in [1.29, 1.82) is 0 Å². The second-order valence-corrected chi connectivity index (χ2v) is 4.59. The van der Waals surface area contributed by atoms with Crippen molar-refractivity contribution in [3.8, 4) is 0 Å². The van der Waals surface area contributed by atoms with E-state index in [1.807, 2.05) is 38.1 Å². The van der Waals surface area contributed by atoms with Crippen LogP contribution >= 0.6 is 11.5 Å². The Morgan fingerprint density at radius 1 is 1.38 bits per heavy atom. The molecule has 1 aromatic heterocycles. The Labute approximate surface area is 97.8 Å². The van der Waals surface area contributed by atoms with Crippen LogP contribution in [-0.4, -0.2) is 16.4 Å². The summed E-state index contributed by atoms with van der Waals surface area (Å²) in [6.45, 7) is 3.83. The smallest absolute Gasteiger partial charge is 0.320 e. The Balaban J connectivity index is 2.18. The molecular weight excluding hydrogens is 222 g/mol. The van der Waals surface area contributed by atoms with Gasteiger partial charge in [-0.1, -0.05) is 12.1 Å². The molecule has 0 aliphatic carbocycles. The third-order valence-corrected chi connectivity index (χ3v) is 2.86. The molecule has 0 unspecified atom stereocenters. The summed E-state index contributed by atoms with van der Waals surface area (Å²) in [6.07, 6.45) is 0. The summed E-state index contributed by atoms with van der Waals surface area (Å²) in [5.74, 6) is 0.624. The molecule has 0 fully saturated rings. The number of carbonyl (C=O) groups is 1. The van der Waals surface area contributed by atoms with Gasteiger partial charge in [0.1, 0.15) is 0 Å². The number of nitrogens with one attached hydrogen (secondary N) is 2. The van der Waals surface area contributed by atoms with Gasteiger partial charge in [0.25, 0.3) is 0 Å². The molecule has 2 N–H and O–H groups in total. The Hall–Kier alpha value is -1.62. The van der Waals surface area contributed by atoms with E-state index >= 15 is 0 Å². The number of hydrogen-bond donors (Lipinski definition) is 2. The topological polar surface area (TPSA) is 54.0 Å². The van der Waals surface area contributed by atoms with E-state index in [0.29, 0.717) is 5.82 Å². The predicted octanol–water partition coefficient (Wildman–Crippen LogP) is 2.83. The summed E-state index contributed by atoms with van der Waals surface area (Å²) in [7, 11) is 0. The van der Waals surface area contributed by atoms with Crippen molar-refractivity contribution in [2.75, 3.05) is 5.32 Å². The molecule has 2 rings (SSSR count). The molecule has 2 aromatic rings. The van der Waals surface area contributed by atoms with Crippen molar-refractivity contribution >= 4 is 33.5 Å². The number of carbonyl (C=O) groups excluding carboxylic acids is 1. The van der Waals surface area contributed by atoms with Gasteiger partial charge in [-0.05, 0) is 37.5 Å². The minimum Gasteiger partial charge on any atom is -0.336 e. The van der Waals surface area contributed by atoms with Gasteiger partial charge in [-0.15, -0.1) is 0 Å². The molecular formula is C11H13N3OS. The number of hydrogen-bond acceptors (Lipinski definition) is 3. The van der Waals surface area contributed by atoms with E-state index in [9.17, 15) is 4.79 Å². The lowest BCUT2D eigenvalue weighted by molar-refractivity contribution is 0.250. The maximum absolute atomic E-state index is 11.5. The number of amides is 2. The van der Waals surface area contributed by atoms with E-state index in [0.717, 1.165) is 10.1 Å². The zero-order chi connectivity index (χ0) is 11.5. The Bertz CT molecular complexity index is 507. The fourth-order valence-electron chi connectivity index (χ4n) is 1.38. The molecule has 0 atom stereocenters. The molecule has 1 aromatic carbocycles. The van der Waals surface area contributed by atoms with E-state index in [1.54, 1.807) is 0 Å². The monoisotopic (exact) mass is 235 g/mol. The first kappa shape index (κ1) is 10.9. The Kier molecular flexibility index (Phi) is 3.05. The van der Waals surface area contributed by atoms with Crippen LogP contribution in [0.4, 0.5) is 10.6 Å². The molecule has 0 saturated carbocycles. The van der Waals surface area contributed by atoms with Gasteiger partial charge >= 0.3 is 6.03 Å². The first-order valence-corrected chi connectivity index (χ1v) is 5.86. The highest BCUT2D eigenvalue weighted by molar-refractivity contribution is 7.13. The summed E-state index contributed by atoms with van der Waals surface area (Å²) in [5, 5.41) is 6.48. The average molecular weight is 235 g/mol. The number of anilines is 1. The molecule has 2 amide bonds. The van der Waals surface area contributed by atoms with Gasteiger partial charge in [-0.25, -0.2) is 4.79 Å². The number of urea groups is 1. The van der Waals surface area contributed by atoms with Crippen molar-refractivity contribution in [2.45, 2.75) is 19.9 Å². The highest BCUT2D eigenvalue weighted by atomic mass is 32.1. The molecule has 16 heavy (non-hydrogen) atoms. The van der Waals surface area contributed by atoms with Crippen LogP contribution in [0, 0.1) is 0 Å². The molecule has 0 aliphatic rings. The molecule has 1 heterocycles. The second-order valence-electron chi connectivity index (χ2n) is 3.78. The number of nitrogens with zero attached hydrogens (tertiary/aromatic N) is 1. The first-order chi connectivity index (χ1) is 7.66. The lowest BCUT2D eigenvalue weighted by atomic mass is 10.3. The second kappa shape index (κ2) is 4.49. The molecule has 0 spiro atoms. The van der Waals surface area contributed by atoms with Gasteiger partial charge in [0, 0.05) is 11.4 Å². The zero-order valence-electron chi connectivity index (χ0n) is 9.15. The summed E-state index contributed by atoms with van der Waals surface area (Å²) in [5.41, 5.74) is 0. The van der Waals surface area contributed by atoms with Gasteiger partial charge in [-0.2, -0.15) is 4.37 Å². The SMILES string of the molecule is CC(C)NC(=O)Nc1nsc2ccccc12. The van der Waals surface area contributed by atoms with Crippen molar-refractivity contribution in [2.24, 2.45) is 0 Å². The lowest BCUT2D eigenvalue weighted by Gasteiger charge is -2.08. The van der Waals surface area contributed by atoms with E-state index in [4.69, 9.17) is 0 Å². The zero-order valence-corrected chi connectivity index (χ0v) is 9.97. The maximum atomic E-state index is 11.5. The molecule has 0 radical (unpaired) electrons. The van der Waals surface area contributed by atoms with Gasteiger partial charge in [0.2, 0.25) is 0 Å². The maximum Gasteiger partial charge on any atom is 0.320 e. The number of fused-ring (bicyclic) bond motifs is 1. The first-order valence-electron chi connectivity index (χ1n) is 5.09. The van der Waals surface area contributed by atoms with Crippen LogP contribution in [0.3, 0.4) is 0 Å². The highest BCUT2D eigenvalue weighted by Crippen LogP contribution is 2.25. The van der Waals surface area contributed by atoms with Crippen molar-refractivity contribution in [3.05, 3.63) is 24.3 Å². The van der Waals surface area contributed by atoms with E-state index in [-0.39, 0.29) is 12.1 Å². The molecule has 0 bridgehead atoms. The predicted molar refractivity (Wildman–Crippen MR) is 66.9 cm³/mol. The normalized spacial score (nSPS) is 10.7. The highest BCUT2D eigenvalue weighted by Gasteiger charge is 2.09. The molecule has 0 aliphatic heterocycles.